The number of rotatable bonds is 7. The van der Waals surface area contributed by atoms with Crippen molar-refractivity contribution in [3.05, 3.63) is 28.8 Å². The summed E-state index contributed by atoms with van der Waals surface area (Å²) in [6, 6.07) is 5.07. The molecule has 0 heterocycles. The predicted octanol–water partition coefficient (Wildman–Crippen LogP) is 3.08. The summed E-state index contributed by atoms with van der Waals surface area (Å²) < 4.78 is 10.7. The normalized spacial score (nSPS) is 11.8. The first-order valence-electron chi connectivity index (χ1n) is 6.42. The molecule has 0 aliphatic heterocycles. The van der Waals surface area contributed by atoms with Crippen LogP contribution in [0.5, 0.6) is 5.75 Å². The Balaban J connectivity index is 3.02. The molecule has 0 fully saturated rings. The van der Waals surface area contributed by atoms with Gasteiger partial charge in [0.1, 0.15) is 10.7 Å². The van der Waals surface area contributed by atoms with Crippen LogP contribution in [0.25, 0.3) is 0 Å². The second-order valence-corrected chi connectivity index (χ2v) is 4.97. The van der Waals surface area contributed by atoms with Gasteiger partial charge in [0.25, 0.3) is 0 Å². The lowest BCUT2D eigenvalue weighted by molar-refractivity contribution is -0.151. The van der Waals surface area contributed by atoms with Crippen molar-refractivity contribution >= 4 is 34.8 Å². The molecule has 0 radical (unpaired) electrons. The molecule has 0 saturated heterocycles. The minimum Gasteiger partial charge on any atom is -0.478 e. The lowest BCUT2D eigenvalue weighted by Crippen LogP contribution is -2.30. The third kappa shape index (κ3) is 4.35. The highest BCUT2D eigenvalue weighted by atomic mass is 35.5. The van der Waals surface area contributed by atoms with Crippen LogP contribution in [0.3, 0.4) is 0 Å². The van der Waals surface area contributed by atoms with Crippen LogP contribution in [-0.2, 0) is 9.53 Å². The van der Waals surface area contributed by atoms with E-state index in [1.165, 1.54) is 0 Å². The number of halogens is 1. The first-order chi connectivity index (χ1) is 9.51. The fourth-order valence-electron chi connectivity index (χ4n) is 1.72. The molecule has 1 rings (SSSR count). The number of thiocarbonyl (C=S) groups is 1. The Bertz CT molecular complexity index is 493. The van der Waals surface area contributed by atoms with Crippen molar-refractivity contribution in [3.63, 3.8) is 0 Å². The molecule has 0 bridgehead atoms. The fourth-order valence-corrected chi connectivity index (χ4v) is 2.25. The number of benzene rings is 1. The Hall–Kier alpha value is -1.33. The molecule has 1 atom stereocenters. The third-order valence-corrected chi connectivity index (χ3v) is 3.11. The second kappa shape index (κ2) is 8.07. The largest absolute Gasteiger partial charge is 0.478 e. The number of hydrogen-bond donors (Lipinski definition) is 1. The van der Waals surface area contributed by atoms with Crippen LogP contribution in [0, 0.1) is 0 Å². The van der Waals surface area contributed by atoms with Gasteiger partial charge in [0.15, 0.2) is 6.10 Å². The molecule has 4 nitrogen and oxygen atoms in total. The van der Waals surface area contributed by atoms with E-state index < -0.39 is 12.1 Å². The fraction of sp³-hybridized carbons (Fsp3) is 0.429. The van der Waals surface area contributed by atoms with Gasteiger partial charge in [-0.15, -0.1) is 0 Å². The van der Waals surface area contributed by atoms with E-state index in [2.05, 4.69) is 0 Å². The van der Waals surface area contributed by atoms with Crippen LogP contribution in [0.1, 0.15) is 32.3 Å². The Morgan fingerprint density at radius 2 is 2.15 bits per heavy atom. The molecule has 0 amide bonds. The van der Waals surface area contributed by atoms with Crippen molar-refractivity contribution < 1.29 is 14.3 Å². The van der Waals surface area contributed by atoms with Gasteiger partial charge in [-0.3, -0.25) is 0 Å². The highest BCUT2D eigenvalue weighted by Gasteiger charge is 2.23. The van der Waals surface area contributed by atoms with E-state index in [0.29, 0.717) is 29.4 Å². The average Bonchev–Trinajstić information content (AvgIpc) is 2.38. The zero-order chi connectivity index (χ0) is 15.1. The van der Waals surface area contributed by atoms with E-state index in [1.807, 2.05) is 6.92 Å². The molecular weight excluding hydrogens is 298 g/mol. The molecule has 0 aliphatic carbocycles. The lowest BCUT2D eigenvalue weighted by atomic mass is 10.1. The van der Waals surface area contributed by atoms with Crippen molar-refractivity contribution in [1.82, 2.24) is 0 Å². The molecule has 110 valence electrons. The molecular formula is C14H18ClNO3S. The molecule has 0 saturated carbocycles. The van der Waals surface area contributed by atoms with Crippen LogP contribution in [0.15, 0.2) is 18.2 Å². The summed E-state index contributed by atoms with van der Waals surface area (Å²) >= 11 is 11.0. The number of esters is 1. The minimum absolute atomic E-state index is 0.129. The Labute approximate surface area is 129 Å². The zero-order valence-electron chi connectivity index (χ0n) is 11.5. The van der Waals surface area contributed by atoms with Crippen molar-refractivity contribution in [2.45, 2.75) is 32.8 Å². The van der Waals surface area contributed by atoms with Crippen molar-refractivity contribution in [2.24, 2.45) is 5.73 Å². The van der Waals surface area contributed by atoms with Gasteiger partial charge in [0.05, 0.1) is 17.2 Å². The lowest BCUT2D eigenvalue weighted by Gasteiger charge is -2.19. The molecule has 0 spiro atoms. The predicted molar refractivity (Wildman–Crippen MR) is 83.3 cm³/mol. The van der Waals surface area contributed by atoms with Gasteiger partial charge >= 0.3 is 5.97 Å². The van der Waals surface area contributed by atoms with E-state index in [1.54, 1.807) is 25.1 Å². The molecule has 1 aromatic carbocycles. The SMILES string of the molecule is CCCC(Oc1cccc(Cl)c1C(N)=S)C(=O)OCC. The van der Waals surface area contributed by atoms with E-state index in [9.17, 15) is 4.79 Å². The molecule has 0 aromatic heterocycles. The summed E-state index contributed by atoms with van der Waals surface area (Å²) in [6.07, 6.45) is 0.640. The topological polar surface area (TPSA) is 61.5 Å². The summed E-state index contributed by atoms with van der Waals surface area (Å²) in [5.74, 6) is -0.000261. The molecule has 1 aromatic rings. The molecule has 20 heavy (non-hydrogen) atoms. The first-order valence-corrected chi connectivity index (χ1v) is 7.21. The summed E-state index contributed by atoms with van der Waals surface area (Å²) in [4.78, 5) is 12.0. The standard InChI is InChI=1S/C14H18ClNO3S/c1-3-6-11(14(17)18-4-2)19-10-8-5-7-9(15)12(10)13(16)20/h5,7-8,11H,3-4,6H2,1-2H3,(H2,16,20). The van der Waals surface area contributed by atoms with Gasteiger partial charge in [0.2, 0.25) is 0 Å². The number of carbonyl (C=O) groups is 1. The number of ether oxygens (including phenoxy) is 2. The summed E-state index contributed by atoms with van der Waals surface area (Å²) in [7, 11) is 0. The van der Waals surface area contributed by atoms with E-state index in [4.69, 9.17) is 39.0 Å². The monoisotopic (exact) mass is 315 g/mol. The van der Waals surface area contributed by atoms with Crippen LogP contribution >= 0.6 is 23.8 Å². The maximum absolute atomic E-state index is 11.9. The molecule has 6 heteroatoms. The Morgan fingerprint density at radius 3 is 2.70 bits per heavy atom. The minimum atomic E-state index is -0.688. The number of hydrogen-bond acceptors (Lipinski definition) is 4. The van der Waals surface area contributed by atoms with Gasteiger partial charge in [-0.2, -0.15) is 0 Å². The first kappa shape index (κ1) is 16.7. The van der Waals surface area contributed by atoms with Crippen molar-refractivity contribution in [1.29, 1.82) is 0 Å². The summed E-state index contributed by atoms with van der Waals surface area (Å²) in [5.41, 5.74) is 6.09. The van der Waals surface area contributed by atoms with E-state index in [-0.39, 0.29) is 4.99 Å². The number of nitrogens with two attached hydrogens (primary N) is 1. The smallest absolute Gasteiger partial charge is 0.347 e. The summed E-state index contributed by atoms with van der Waals surface area (Å²) in [6.45, 7) is 4.02. The van der Waals surface area contributed by atoms with Gasteiger partial charge < -0.3 is 15.2 Å². The van der Waals surface area contributed by atoms with Crippen LogP contribution in [0.4, 0.5) is 0 Å². The molecule has 1 unspecified atom stereocenters. The number of carbonyl (C=O) groups excluding carboxylic acids is 1. The van der Waals surface area contributed by atoms with Gasteiger partial charge in [-0.1, -0.05) is 43.2 Å². The van der Waals surface area contributed by atoms with E-state index >= 15 is 0 Å². The van der Waals surface area contributed by atoms with Gasteiger partial charge in [-0.25, -0.2) is 4.79 Å². The van der Waals surface area contributed by atoms with Gasteiger partial charge in [-0.05, 0) is 25.5 Å². The zero-order valence-corrected chi connectivity index (χ0v) is 13.1. The van der Waals surface area contributed by atoms with Crippen LogP contribution in [-0.4, -0.2) is 23.7 Å². The maximum Gasteiger partial charge on any atom is 0.347 e. The van der Waals surface area contributed by atoms with Crippen molar-refractivity contribution in [3.8, 4) is 5.75 Å². The third-order valence-electron chi connectivity index (χ3n) is 2.59. The van der Waals surface area contributed by atoms with Gasteiger partial charge in [0, 0.05) is 0 Å². The second-order valence-electron chi connectivity index (χ2n) is 4.12. The highest BCUT2D eigenvalue weighted by molar-refractivity contribution is 7.80. The quantitative estimate of drug-likeness (QED) is 0.619. The Morgan fingerprint density at radius 1 is 1.45 bits per heavy atom. The highest BCUT2D eigenvalue weighted by Crippen LogP contribution is 2.28. The molecule has 0 aliphatic rings. The average molecular weight is 316 g/mol. The van der Waals surface area contributed by atoms with Crippen LogP contribution < -0.4 is 10.5 Å². The maximum atomic E-state index is 11.9. The summed E-state index contributed by atoms with van der Waals surface area (Å²) in [5, 5.41) is 0.397. The van der Waals surface area contributed by atoms with Crippen LogP contribution in [0.2, 0.25) is 5.02 Å². The Kier molecular flexibility index (Phi) is 6.75. The van der Waals surface area contributed by atoms with Crippen molar-refractivity contribution in [2.75, 3.05) is 6.61 Å². The molecule has 2 N–H and O–H groups in total. The van der Waals surface area contributed by atoms with E-state index in [0.717, 1.165) is 6.42 Å².